The zero-order valence-corrected chi connectivity index (χ0v) is 20.1. The van der Waals surface area contributed by atoms with Crippen molar-refractivity contribution in [2.45, 2.75) is 52.0 Å². The minimum Gasteiger partial charge on any atom is -0.404 e. The van der Waals surface area contributed by atoms with Crippen LogP contribution in [-0.2, 0) is 4.43 Å². The lowest BCUT2D eigenvalue weighted by Gasteiger charge is -2.42. The summed E-state index contributed by atoms with van der Waals surface area (Å²) in [6.45, 7) is 10.0. The molecule has 0 aliphatic rings. The number of allylic oxidation sites excluding steroid dienone is 3. The van der Waals surface area contributed by atoms with Gasteiger partial charge in [0.05, 0.1) is 6.61 Å². The highest BCUT2D eigenvalue weighted by Crippen LogP contribution is 2.36. The molecule has 2 aromatic carbocycles. The molecule has 0 radical (unpaired) electrons. The zero-order chi connectivity index (χ0) is 21.9. The van der Waals surface area contributed by atoms with Crippen LogP contribution in [0.3, 0.4) is 0 Å². The lowest BCUT2D eigenvalue weighted by molar-refractivity contribution is 0.274. The van der Waals surface area contributed by atoms with Gasteiger partial charge in [0.15, 0.2) is 0 Å². The topological polar surface area (TPSA) is 29.5 Å². The molecule has 0 aromatic heterocycles. The molecular weight excluding hydrogens is 384 g/mol. The largest absolute Gasteiger partial charge is 0.404 e. The van der Waals surface area contributed by atoms with E-state index in [0.717, 1.165) is 19.3 Å². The van der Waals surface area contributed by atoms with Crippen LogP contribution in [0.15, 0.2) is 85.0 Å². The molecule has 3 heteroatoms. The minimum absolute atomic E-state index is 0.00151. The van der Waals surface area contributed by atoms with Crippen molar-refractivity contribution >= 4 is 18.7 Å². The maximum Gasteiger partial charge on any atom is 0.261 e. The van der Waals surface area contributed by atoms with E-state index in [4.69, 9.17) is 9.53 Å². The molecule has 0 saturated carbocycles. The second-order valence-corrected chi connectivity index (χ2v) is 13.3. The molecular formula is C27H38O2Si. The Morgan fingerprint density at radius 1 is 0.900 bits per heavy atom. The Labute approximate surface area is 184 Å². The number of rotatable bonds is 11. The SMILES string of the molecule is C[C@H](C/C=C/C=C/CO[Si](c1ccccc1)(c1ccccc1)C(C)(C)C)CCCO. The van der Waals surface area contributed by atoms with E-state index in [9.17, 15) is 0 Å². The molecule has 0 fully saturated rings. The number of hydrogen-bond acceptors (Lipinski definition) is 2. The third kappa shape index (κ3) is 6.53. The third-order valence-electron chi connectivity index (χ3n) is 5.59. The summed E-state index contributed by atoms with van der Waals surface area (Å²) in [7, 11) is -2.45. The smallest absolute Gasteiger partial charge is 0.261 e. The number of aliphatic hydroxyl groups is 1. The first-order valence-corrected chi connectivity index (χ1v) is 13.0. The first-order chi connectivity index (χ1) is 14.4. The fourth-order valence-corrected chi connectivity index (χ4v) is 8.52. The Bertz CT molecular complexity index is 736. The van der Waals surface area contributed by atoms with Gasteiger partial charge in [0.2, 0.25) is 0 Å². The van der Waals surface area contributed by atoms with Crippen molar-refractivity contribution in [3.8, 4) is 0 Å². The molecule has 0 unspecified atom stereocenters. The van der Waals surface area contributed by atoms with E-state index in [-0.39, 0.29) is 11.6 Å². The van der Waals surface area contributed by atoms with Crippen LogP contribution in [0, 0.1) is 5.92 Å². The Hall–Kier alpha value is -1.94. The van der Waals surface area contributed by atoms with Crippen LogP contribution >= 0.6 is 0 Å². The normalized spacial score (nSPS) is 13.9. The van der Waals surface area contributed by atoms with Crippen molar-refractivity contribution in [3.63, 3.8) is 0 Å². The van der Waals surface area contributed by atoms with E-state index in [1.54, 1.807) is 0 Å². The van der Waals surface area contributed by atoms with Gasteiger partial charge in [0.1, 0.15) is 0 Å². The fourth-order valence-electron chi connectivity index (χ4n) is 4.02. The molecule has 0 saturated heterocycles. The molecule has 2 rings (SSSR count). The predicted molar refractivity (Wildman–Crippen MR) is 132 cm³/mol. The standard InChI is InChI=1S/C27H38O2Si/c1-24(17-15-22-28)16-9-5-6-14-23-29-30(27(2,3)4,25-18-10-7-11-19-25)26-20-12-8-13-21-26/h5-14,18-21,24,28H,15-17,22-23H2,1-4H3/b9-5+,14-6+/t24-/m1/s1. The molecule has 30 heavy (non-hydrogen) atoms. The third-order valence-corrected chi connectivity index (χ3v) is 10.6. The molecule has 0 heterocycles. The minimum atomic E-state index is -2.45. The molecule has 162 valence electrons. The fraction of sp³-hybridized carbons (Fsp3) is 0.407. The van der Waals surface area contributed by atoms with Gasteiger partial charge in [-0.1, -0.05) is 113 Å². The van der Waals surface area contributed by atoms with Crippen LogP contribution in [0.4, 0.5) is 0 Å². The zero-order valence-electron chi connectivity index (χ0n) is 19.1. The van der Waals surface area contributed by atoms with Crippen molar-refractivity contribution in [2.75, 3.05) is 13.2 Å². The van der Waals surface area contributed by atoms with Crippen LogP contribution in [0.2, 0.25) is 5.04 Å². The van der Waals surface area contributed by atoms with Gasteiger partial charge in [-0.15, -0.1) is 0 Å². The van der Waals surface area contributed by atoms with Crippen molar-refractivity contribution in [1.29, 1.82) is 0 Å². The van der Waals surface area contributed by atoms with Gasteiger partial charge < -0.3 is 9.53 Å². The molecule has 0 amide bonds. The van der Waals surface area contributed by atoms with Gasteiger partial charge in [0, 0.05) is 6.61 Å². The summed E-state index contributed by atoms with van der Waals surface area (Å²) in [5.41, 5.74) is 0. The first kappa shape index (κ1) is 24.3. The number of hydrogen-bond donors (Lipinski definition) is 1. The molecule has 0 aliphatic heterocycles. The highest BCUT2D eigenvalue weighted by atomic mass is 28.4. The summed E-state index contributed by atoms with van der Waals surface area (Å²) in [6, 6.07) is 21.5. The van der Waals surface area contributed by atoms with E-state index in [2.05, 4.69) is 113 Å². The monoisotopic (exact) mass is 422 g/mol. The number of benzene rings is 2. The quantitative estimate of drug-likeness (QED) is 0.384. The number of aliphatic hydroxyl groups excluding tert-OH is 1. The van der Waals surface area contributed by atoms with E-state index < -0.39 is 8.32 Å². The lowest BCUT2D eigenvalue weighted by atomic mass is 10.0. The Balaban J connectivity index is 2.15. The first-order valence-electron chi connectivity index (χ1n) is 11.1. The summed E-state index contributed by atoms with van der Waals surface area (Å²) >= 11 is 0. The molecule has 0 aliphatic carbocycles. The maximum absolute atomic E-state index is 8.93. The molecule has 0 spiro atoms. The Kier molecular flexibility index (Phi) is 9.77. The lowest BCUT2D eigenvalue weighted by Crippen LogP contribution is -2.66. The van der Waals surface area contributed by atoms with E-state index >= 15 is 0 Å². The van der Waals surface area contributed by atoms with Crippen molar-refractivity contribution in [2.24, 2.45) is 5.92 Å². The van der Waals surface area contributed by atoms with Gasteiger partial charge in [-0.05, 0) is 40.6 Å². The summed E-state index contributed by atoms with van der Waals surface area (Å²) in [5, 5.41) is 11.6. The summed E-state index contributed by atoms with van der Waals surface area (Å²) in [4.78, 5) is 0. The average Bonchev–Trinajstić information content (AvgIpc) is 2.74. The van der Waals surface area contributed by atoms with Crippen LogP contribution in [0.25, 0.3) is 0 Å². The highest BCUT2D eigenvalue weighted by Gasteiger charge is 2.49. The van der Waals surface area contributed by atoms with Crippen molar-refractivity contribution in [3.05, 3.63) is 85.0 Å². The molecule has 1 N–H and O–H groups in total. The second-order valence-electron chi connectivity index (χ2n) is 9.04. The highest BCUT2D eigenvalue weighted by molar-refractivity contribution is 6.99. The van der Waals surface area contributed by atoms with E-state index in [1.807, 2.05) is 0 Å². The van der Waals surface area contributed by atoms with E-state index in [1.165, 1.54) is 10.4 Å². The molecule has 2 aromatic rings. The van der Waals surface area contributed by atoms with Crippen molar-refractivity contribution < 1.29 is 9.53 Å². The van der Waals surface area contributed by atoms with Gasteiger partial charge in [-0.25, -0.2) is 0 Å². The molecule has 1 atom stereocenters. The molecule has 2 nitrogen and oxygen atoms in total. The second kappa shape index (κ2) is 12.0. The summed E-state index contributed by atoms with van der Waals surface area (Å²) < 4.78 is 6.84. The van der Waals surface area contributed by atoms with Gasteiger partial charge in [-0.2, -0.15) is 0 Å². The van der Waals surface area contributed by atoms with Crippen LogP contribution in [-0.4, -0.2) is 26.6 Å². The van der Waals surface area contributed by atoms with Gasteiger partial charge in [-0.3, -0.25) is 0 Å². The van der Waals surface area contributed by atoms with Gasteiger partial charge in [0.25, 0.3) is 8.32 Å². The van der Waals surface area contributed by atoms with Crippen LogP contribution in [0.1, 0.15) is 47.0 Å². The Morgan fingerprint density at radius 3 is 1.93 bits per heavy atom. The summed E-state index contributed by atoms with van der Waals surface area (Å²) in [5.74, 6) is 0.607. The van der Waals surface area contributed by atoms with Crippen LogP contribution in [0.5, 0.6) is 0 Å². The van der Waals surface area contributed by atoms with Crippen LogP contribution < -0.4 is 10.4 Å². The summed E-state index contributed by atoms with van der Waals surface area (Å²) in [6.07, 6.45) is 11.5. The Morgan fingerprint density at radius 2 is 1.43 bits per heavy atom. The molecule has 0 bridgehead atoms. The van der Waals surface area contributed by atoms with E-state index in [0.29, 0.717) is 12.5 Å². The maximum atomic E-state index is 8.93. The van der Waals surface area contributed by atoms with Crippen molar-refractivity contribution in [1.82, 2.24) is 0 Å². The predicted octanol–water partition coefficient (Wildman–Crippen LogP) is 5.47. The van der Waals surface area contributed by atoms with Gasteiger partial charge >= 0.3 is 0 Å². The average molecular weight is 423 g/mol.